The van der Waals surface area contributed by atoms with Crippen molar-refractivity contribution < 1.29 is 19.3 Å². The summed E-state index contributed by atoms with van der Waals surface area (Å²) in [6.07, 6.45) is 1.83. The molecule has 6 rings (SSSR count). The minimum Gasteiger partial charge on any atom is -0.454 e. The molecule has 2 unspecified atom stereocenters. The number of fused-ring (bicyclic) bond motifs is 2. The third-order valence-electron chi connectivity index (χ3n) is 5.96. The molecule has 6 heteroatoms. The van der Waals surface area contributed by atoms with Crippen molar-refractivity contribution in [3.8, 4) is 11.5 Å². The summed E-state index contributed by atoms with van der Waals surface area (Å²) < 4.78 is 10.8. The molecular formula is C18H24N4O2+2. The van der Waals surface area contributed by atoms with E-state index in [9.17, 15) is 0 Å². The largest absolute Gasteiger partial charge is 0.454 e. The summed E-state index contributed by atoms with van der Waals surface area (Å²) in [5.41, 5.74) is 2.54. The van der Waals surface area contributed by atoms with Crippen LogP contribution in [0.2, 0.25) is 0 Å². The lowest BCUT2D eigenvalue weighted by molar-refractivity contribution is -0.918. The Bertz CT molecular complexity index is 714. The maximum Gasteiger partial charge on any atom is 0.231 e. The summed E-state index contributed by atoms with van der Waals surface area (Å²) in [5, 5.41) is 9.15. The van der Waals surface area contributed by atoms with Crippen molar-refractivity contribution in [2.24, 2.45) is 21.5 Å². The highest BCUT2D eigenvalue weighted by molar-refractivity contribution is 5.94. The van der Waals surface area contributed by atoms with Crippen LogP contribution in [-0.4, -0.2) is 58.0 Å². The highest BCUT2D eigenvalue weighted by atomic mass is 16.7. The molecule has 0 spiro atoms. The lowest BCUT2D eigenvalue weighted by Crippen LogP contribution is -3.16. The summed E-state index contributed by atoms with van der Waals surface area (Å²) in [4.78, 5) is 3.52. The van der Waals surface area contributed by atoms with Crippen LogP contribution in [0.1, 0.15) is 12.5 Å². The second-order valence-electron chi connectivity index (χ2n) is 7.86. The number of quaternary nitrogens is 2. The molecule has 5 aliphatic heterocycles. The maximum atomic E-state index is 5.42. The number of ether oxygens (including phenoxy) is 2. The first-order valence-electron chi connectivity index (χ1n) is 8.88. The quantitative estimate of drug-likeness (QED) is 0.520. The molecule has 5 heterocycles. The fourth-order valence-corrected chi connectivity index (χ4v) is 5.03. The first-order chi connectivity index (χ1) is 11.7. The predicted molar refractivity (Wildman–Crippen MR) is 90.3 cm³/mol. The second-order valence-corrected chi connectivity index (χ2v) is 7.86. The summed E-state index contributed by atoms with van der Waals surface area (Å²) in [6, 6.07) is 5.88. The molecule has 6 nitrogen and oxygen atoms in total. The van der Waals surface area contributed by atoms with E-state index in [0.29, 0.717) is 12.7 Å². The van der Waals surface area contributed by atoms with Gasteiger partial charge >= 0.3 is 0 Å². The van der Waals surface area contributed by atoms with Gasteiger partial charge in [0.05, 0.1) is 44.0 Å². The Kier molecular flexibility index (Phi) is 3.18. The van der Waals surface area contributed by atoms with Crippen LogP contribution in [0, 0.1) is 11.3 Å². The molecule has 24 heavy (non-hydrogen) atoms. The third kappa shape index (κ3) is 2.32. The van der Waals surface area contributed by atoms with Gasteiger partial charge in [0, 0.05) is 0 Å². The number of hydrogen-bond donors (Lipinski definition) is 2. The minimum absolute atomic E-state index is 0.217. The Labute approximate surface area is 141 Å². The molecule has 0 radical (unpaired) electrons. The first kappa shape index (κ1) is 14.4. The topological polar surface area (TPSA) is 52.1 Å². The van der Waals surface area contributed by atoms with Gasteiger partial charge in [-0.1, -0.05) is 0 Å². The number of nitrogens with zero attached hydrogens (tertiary/aromatic N) is 2. The zero-order valence-electron chi connectivity index (χ0n) is 14.0. The van der Waals surface area contributed by atoms with Crippen molar-refractivity contribution in [2.45, 2.75) is 6.92 Å². The smallest absolute Gasteiger partial charge is 0.231 e. The van der Waals surface area contributed by atoms with Crippen LogP contribution in [0.4, 0.5) is 0 Å². The van der Waals surface area contributed by atoms with Gasteiger partial charge in [0.15, 0.2) is 11.5 Å². The molecule has 0 aliphatic carbocycles. The molecule has 4 bridgehead atoms. The van der Waals surface area contributed by atoms with Crippen LogP contribution < -0.4 is 19.3 Å². The predicted octanol–water partition coefficient (Wildman–Crippen LogP) is -1.38. The minimum atomic E-state index is 0.217. The van der Waals surface area contributed by atoms with Crippen LogP contribution in [0.15, 0.2) is 28.4 Å². The van der Waals surface area contributed by atoms with Crippen LogP contribution in [0.25, 0.3) is 0 Å². The van der Waals surface area contributed by atoms with Gasteiger partial charge in [-0.3, -0.25) is 0 Å². The van der Waals surface area contributed by atoms with Crippen molar-refractivity contribution in [1.29, 1.82) is 0 Å². The highest BCUT2D eigenvalue weighted by Gasteiger charge is 2.54. The van der Waals surface area contributed by atoms with E-state index in [-0.39, 0.29) is 5.41 Å². The van der Waals surface area contributed by atoms with Gasteiger partial charge in [-0.25, -0.2) is 0 Å². The summed E-state index contributed by atoms with van der Waals surface area (Å²) in [7, 11) is 0. The van der Waals surface area contributed by atoms with Gasteiger partial charge in [0.2, 0.25) is 6.79 Å². The third-order valence-corrected chi connectivity index (χ3v) is 5.96. The number of rotatable bonds is 2. The fraction of sp³-hybridized carbons (Fsp3) is 0.556. The van der Waals surface area contributed by atoms with Gasteiger partial charge in [0.25, 0.3) is 0 Å². The number of hydrogen-bond acceptors (Lipinski definition) is 4. The molecule has 126 valence electrons. The van der Waals surface area contributed by atoms with E-state index >= 15 is 0 Å². The number of benzene rings is 1. The Hall–Kier alpha value is -1.92. The van der Waals surface area contributed by atoms with Crippen molar-refractivity contribution in [1.82, 2.24) is 0 Å². The van der Waals surface area contributed by atoms with Gasteiger partial charge < -0.3 is 19.3 Å². The van der Waals surface area contributed by atoms with E-state index in [1.165, 1.54) is 45.0 Å². The van der Waals surface area contributed by atoms with E-state index < -0.39 is 0 Å². The van der Waals surface area contributed by atoms with E-state index in [4.69, 9.17) is 14.6 Å². The highest BCUT2D eigenvalue weighted by Crippen LogP contribution is 2.32. The van der Waals surface area contributed by atoms with Gasteiger partial charge in [0.1, 0.15) is 18.5 Å². The normalized spacial score (nSPS) is 38.2. The van der Waals surface area contributed by atoms with Crippen LogP contribution in [-0.2, 0) is 0 Å². The molecule has 4 fully saturated rings. The molecule has 0 amide bonds. The monoisotopic (exact) mass is 328 g/mol. The van der Waals surface area contributed by atoms with Gasteiger partial charge in [-0.15, -0.1) is 0 Å². The number of piperidine rings is 2. The summed E-state index contributed by atoms with van der Waals surface area (Å²) in [6.45, 7) is 10.2. The van der Waals surface area contributed by atoms with Crippen LogP contribution in [0.5, 0.6) is 11.5 Å². The van der Waals surface area contributed by atoms with Gasteiger partial charge in [-0.2, -0.15) is 10.2 Å². The average molecular weight is 328 g/mol. The molecule has 5 aliphatic rings. The molecule has 2 N–H and O–H groups in total. The van der Waals surface area contributed by atoms with E-state index in [0.717, 1.165) is 17.1 Å². The summed E-state index contributed by atoms with van der Waals surface area (Å²) >= 11 is 0. The Morgan fingerprint density at radius 3 is 2.62 bits per heavy atom. The van der Waals surface area contributed by atoms with Crippen LogP contribution in [0.3, 0.4) is 0 Å². The molecule has 2 atom stereocenters. The Balaban J connectivity index is 1.40. The maximum absolute atomic E-state index is 5.42. The molecule has 0 saturated carbocycles. The van der Waals surface area contributed by atoms with E-state index in [1.807, 2.05) is 24.4 Å². The standard InChI is InChI=1S/C18H22N4O2/c1-18-10-21-4-5-22(11-18)9-14(8-21)17(18)20-19-7-13-2-3-15-16(6-13)24-12-23-15/h2-3,6-7,14H,4-5,8-12H2,1H3/p+2/b19-7-,20-17+. The van der Waals surface area contributed by atoms with Crippen molar-refractivity contribution in [2.75, 3.05) is 46.1 Å². The van der Waals surface area contributed by atoms with Crippen molar-refractivity contribution in [3.63, 3.8) is 0 Å². The SMILES string of the molecule is CC12C[NH+]3CC[NH+](CC(C3)/C1=N\N=C/c1ccc3c(c1)OCO3)C2. The zero-order valence-corrected chi connectivity index (χ0v) is 14.0. The summed E-state index contributed by atoms with van der Waals surface area (Å²) in [5.74, 6) is 2.19. The first-order valence-corrected chi connectivity index (χ1v) is 8.88. The van der Waals surface area contributed by atoms with Crippen molar-refractivity contribution in [3.05, 3.63) is 23.8 Å². The lowest BCUT2D eigenvalue weighted by atomic mass is 9.72. The Morgan fingerprint density at radius 1 is 1.12 bits per heavy atom. The Morgan fingerprint density at radius 2 is 1.88 bits per heavy atom. The zero-order chi connectivity index (χ0) is 16.1. The van der Waals surface area contributed by atoms with Gasteiger partial charge in [-0.05, 0) is 30.7 Å². The molecule has 1 aromatic rings. The number of nitrogens with one attached hydrogen (secondary N) is 2. The average Bonchev–Trinajstić information content (AvgIpc) is 2.89. The lowest BCUT2D eigenvalue weighted by Gasteiger charge is -2.43. The molecule has 1 aromatic carbocycles. The van der Waals surface area contributed by atoms with Crippen molar-refractivity contribution >= 4 is 11.9 Å². The van der Waals surface area contributed by atoms with E-state index in [1.54, 1.807) is 9.80 Å². The van der Waals surface area contributed by atoms with Crippen LogP contribution >= 0.6 is 0 Å². The second kappa shape index (κ2) is 5.29. The molecule has 0 aromatic heterocycles. The van der Waals surface area contributed by atoms with E-state index in [2.05, 4.69) is 12.0 Å². The molecule has 4 saturated heterocycles. The molecular weight excluding hydrogens is 304 g/mol. The fourth-order valence-electron chi connectivity index (χ4n) is 5.03.